The van der Waals surface area contributed by atoms with Gasteiger partial charge in [0.2, 0.25) is 0 Å². The molecule has 2 rings (SSSR count). The number of piperidine rings is 1. The highest BCUT2D eigenvalue weighted by Gasteiger charge is 2.20. The molecular formula is C13H21IN2O. The monoisotopic (exact) mass is 348 g/mol. The average molecular weight is 348 g/mol. The predicted octanol–water partition coefficient (Wildman–Crippen LogP) is 2.85. The minimum atomic E-state index is 0.646. The molecule has 2 heterocycles. The fraction of sp³-hybridized carbons (Fsp3) is 0.692. The standard InChI is InChI=1S/C13H21IN2O/c1-10(2)16-7-5-11(6-8-16)15-9-12-3-4-13(14)17-12/h3-4,10-11,15H,5-9H2,1-2H3. The van der Waals surface area contributed by atoms with Gasteiger partial charge in [-0.2, -0.15) is 0 Å². The van der Waals surface area contributed by atoms with E-state index >= 15 is 0 Å². The van der Waals surface area contributed by atoms with E-state index in [0.29, 0.717) is 12.1 Å². The van der Waals surface area contributed by atoms with Crippen LogP contribution in [0.4, 0.5) is 0 Å². The first-order valence-corrected chi connectivity index (χ1v) is 7.44. The first-order chi connectivity index (χ1) is 8.15. The summed E-state index contributed by atoms with van der Waals surface area (Å²) in [6, 6.07) is 5.40. The van der Waals surface area contributed by atoms with Gasteiger partial charge in [-0.15, -0.1) is 0 Å². The van der Waals surface area contributed by atoms with E-state index < -0.39 is 0 Å². The van der Waals surface area contributed by atoms with Gasteiger partial charge < -0.3 is 14.6 Å². The van der Waals surface area contributed by atoms with Crippen molar-refractivity contribution in [3.05, 3.63) is 21.7 Å². The van der Waals surface area contributed by atoms with Gasteiger partial charge in [-0.25, -0.2) is 0 Å². The fourth-order valence-corrected chi connectivity index (χ4v) is 2.77. The molecule has 0 radical (unpaired) electrons. The molecule has 96 valence electrons. The number of furan rings is 1. The normalized spacial score (nSPS) is 19.1. The number of hydrogen-bond acceptors (Lipinski definition) is 3. The van der Waals surface area contributed by atoms with E-state index in [0.717, 1.165) is 16.1 Å². The van der Waals surface area contributed by atoms with Crippen LogP contribution in [-0.4, -0.2) is 30.1 Å². The number of halogens is 1. The number of nitrogens with one attached hydrogen (secondary N) is 1. The van der Waals surface area contributed by atoms with E-state index in [1.165, 1.54) is 25.9 Å². The molecule has 1 N–H and O–H groups in total. The van der Waals surface area contributed by atoms with Crippen LogP contribution in [0.5, 0.6) is 0 Å². The number of rotatable bonds is 4. The van der Waals surface area contributed by atoms with Crippen LogP contribution in [0.2, 0.25) is 0 Å². The van der Waals surface area contributed by atoms with Gasteiger partial charge in [0.1, 0.15) is 5.76 Å². The quantitative estimate of drug-likeness (QED) is 0.849. The molecule has 1 aliphatic rings. The maximum atomic E-state index is 5.55. The second-order valence-corrected chi connectivity index (χ2v) is 6.05. The lowest BCUT2D eigenvalue weighted by Gasteiger charge is -2.34. The Balaban J connectivity index is 1.71. The average Bonchev–Trinajstić information content (AvgIpc) is 2.73. The van der Waals surface area contributed by atoms with E-state index in [9.17, 15) is 0 Å². The Bertz CT molecular complexity index is 343. The molecule has 0 amide bonds. The molecule has 1 aromatic rings. The number of nitrogens with zero attached hydrogens (tertiary/aromatic N) is 1. The topological polar surface area (TPSA) is 28.4 Å². The van der Waals surface area contributed by atoms with Gasteiger partial charge >= 0.3 is 0 Å². The first-order valence-electron chi connectivity index (χ1n) is 6.37. The molecule has 4 heteroatoms. The Morgan fingerprint density at radius 1 is 1.41 bits per heavy atom. The summed E-state index contributed by atoms with van der Waals surface area (Å²) in [6.07, 6.45) is 2.49. The van der Waals surface area contributed by atoms with Crippen LogP contribution in [0.15, 0.2) is 16.5 Å². The zero-order valence-corrected chi connectivity index (χ0v) is 12.7. The van der Waals surface area contributed by atoms with Crippen LogP contribution in [-0.2, 0) is 6.54 Å². The summed E-state index contributed by atoms with van der Waals surface area (Å²) in [6.45, 7) is 7.84. The van der Waals surface area contributed by atoms with Crippen molar-refractivity contribution in [2.45, 2.75) is 45.3 Å². The highest BCUT2D eigenvalue weighted by Crippen LogP contribution is 2.14. The van der Waals surface area contributed by atoms with Crippen molar-refractivity contribution in [1.29, 1.82) is 0 Å². The van der Waals surface area contributed by atoms with Crippen LogP contribution in [0.1, 0.15) is 32.4 Å². The van der Waals surface area contributed by atoms with Crippen molar-refractivity contribution in [3.8, 4) is 0 Å². The van der Waals surface area contributed by atoms with Crippen LogP contribution < -0.4 is 5.32 Å². The molecule has 0 bridgehead atoms. The third kappa shape index (κ3) is 3.96. The summed E-state index contributed by atoms with van der Waals surface area (Å²) in [7, 11) is 0. The molecule has 3 nitrogen and oxygen atoms in total. The lowest BCUT2D eigenvalue weighted by molar-refractivity contribution is 0.160. The molecule has 0 aliphatic carbocycles. The molecular weight excluding hydrogens is 327 g/mol. The van der Waals surface area contributed by atoms with Crippen LogP contribution in [0, 0.1) is 3.77 Å². The summed E-state index contributed by atoms with van der Waals surface area (Å²) >= 11 is 2.20. The molecule has 1 aromatic heterocycles. The Morgan fingerprint density at radius 2 is 2.12 bits per heavy atom. The van der Waals surface area contributed by atoms with Crippen LogP contribution in [0.25, 0.3) is 0 Å². The first kappa shape index (κ1) is 13.4. The van der Waals surface area contributed by atoms with Crippen molar-refractivity contribution in [2.24, 2.45) is 0 Å². The Kier molecular flexibility index (Phi) is 4.87. The summed E-state index contributed by atoms with van der Waals surface area (Å²) in [5.41, 5.74) is 0. The molecule has 0 saturated carbocycles. The minimum Gasteiger partial charge on any atom is -0.454 e. The van der Waals surface area contributed by atoms with Crippen molar-refractivity contribution in [1.82, 2.24) is 10.2 Å². The fourth-order valence-electron chi connectivity index (χ4n) is 2.31. The number of likely N-dealkylation sites (tertiary alicyclic amines) is 1. The van der Waals surface area contributed by atoms with Gasteiger partial charge in [-0.1, -0.05) is 0 Å². The SMILES string of the molecule is CC(C)N1CCC(NCc2ccc(I)o2)CC1. The molecule has 0 atom stereocenters. The lowest BCUT2D eigenvalue weighted by Crippen LogP contribution is -2.44. The van der Waals surface area contributed by atoms with Gasteiger partial charge in [0.15, 0.2) is 3.77 Å². The zero-order chi connectivity index (χ0) is 12.3. The molecule has 1 saturated heterocycles. The highest BCUT2D eigenvalue weighted by atomic mass is 127. The lowest BCUT2D eigenvalue weighted by atomic mass is 10.0. The molecule has 1 fully saturated rings. The Labute approximate surface area is 117 Å². The third-order valence-corrected chi connectivity index (χ3v) is 4.03. The summed E-state index contributed by atoms with van der Waals surface area (Å²) < 4.78 is 6.51. The van der Waals surface area contributed by atoms with Crippen molar-refractivity contribution in [2.75, 3.05) is 13.1 Å². The van der Waals surface area contributed by atoms with E-state index in [-0.39, 0.29) is 0 Å². The second-order valence-electron chi connectivity index (χ2n) is 4.99. The van der Waals surface area contributed by atoms with E-state index in [1.807, 2.05) is 6.07 Å². The minimum absolute atomic E-state index is 0.646. The summed E-state index contributed by atoms with van der Waals surface area (Å²) in [5.74, 6) is 1.04. The molecule has 1 aliphatic heterocycles. The van der Waals surface area contributed by atoms with Gasteiger partial charge in [-0.3, -0.25) is 0 Å². The molecule has 17 heavy (non-hydrogen) atoms. The van der Waals surface area contributed by atoms with Gasteiger partial charge in [0, 0.05) is 12.1 Å². The predicted molar refractivity (Wildman–Crippen MR) is 78.0 cm³/mol. The van der Waals surface area contributed by atoms with E-state index in [2.05, 4.69) is 52.7 Å². The number of hydrogen-bond donors (Lipinski definition) is 1. The van der Waals surface area contributed by atoms with Gasteiger partial charge in [0.25, 0.3) is 0 Å². The van der Waals surface area contributed by atoms with E-state index in [4.69, 9.17) is 4.42 Å². The summed E-state index contributed by atoms with van der Waals surface area (Å²) in [5, 5.41) is 3.59. The highest BCUT2D eigenvalue weighted by molar-refractivity contribution is 14.1. The molecule has 0 unspecified atom stereocenters. The van der Waals surface area contributed by atoms with Gasteiger partial charge in [0.05, 0.1) is 6.54 Å². The van der Waals surface area contributed by atoms with E-state index in [1.54, 1.807) is 0 Å². The Hall–Kier alpha value is -0.0700. The maximum Gasteiger partial charge on any atom is 0.164 e. The molecule has 0 spiro atoms. The maximum absolute atomic E-state index is 5.55. The Morgan fingerprint density at radius 3 is 2.65 bits per heavy atom. The van der Waals surface area contributed by atoms with Crippen LogP contribution >= 0.6 is 22.6 Å². The zero-order valence-electron chi connectivity index (χ0n) is 10.6. The third-order valence-electron chi connectivity index (χ3n) is 3.45. The van der Waals surface area contributed by atoms with Crippen molar-refractivity contribution >= 4 is 22.6 Å². The van der Waals surface area contributed by atoms with Crippen LogP contribution in [0.3, 0.4) is 0 Å². The van der Waals surface area contributed by atoms with Crippen molar-refractivity contribution < 1.29 is 4.42 Å². The second kappa shape index (κ2) is 6.20. The smallest absolute Gasteiger partial charge is 0.164 e. The largest absolute Gasteiger partial charge is 0.454 e. The van der Waals surface area contributed by atoms with Crippen molar-refractivity contribution in [3.63, 3.8) is 0 Å². The summed E-state index contributed by atoms with van der Waals surface area (Å²) in [4.78, 5) is 2.55. The van der Waals surface area contributed by atoms with Gasteiger partial charge in [-0.05, 0) is 74.5 Å². The molecule has 0 aromatic carbocycles.